The Morgan fingerprint density at radius 2 is 1.94 bits per heavy atom. The summed E-state index contributed by atoms with van der Waals surface area (Å²) in [5, 5.41) is 0. The van der Waals surface area contributed by atoms with E-state index >= 15 is 0 Å². The Kier molecular flexibility index (Phi) is 3.07. The normalized spacial score (nSPS) is 29.6. The van der Waals surface area contributed by atoms with E-state index in [0.29, 0.717) is 11.5 Å². The smallest absolute Gasteiger partial charge is 0.00443 e. The van der Waals surface area contributed by atoms with Crippen molar-refractivity contribution in [3.63, 3.8) is 0 Å². The molecule has 0 radical (unpaired) electrons. The SMILES string of the molecule is Cc1cccc(C)c1CC1(C)CCC(N)C1. The fourth-order valence-corrected chi connectivity index (χ4v) is 3.09. The number of rotatable bonds is 2. The van der Waals surface area contributed by atoms with E-state index in [-0.39, 0.29) is 0 Å². The van der Waals surface area contributed by atoms with E-state index in [2.05, 4.69) is 39.0 Å². The van der Waals surface area contributed by atoms with Crippen LogP contribution in [0.5, 0.6) is 0 Å². The van der Waals surface area contributed by atoms with E-state index in [9.17, 15) is 0 Å². The van der Waals surface area contributed by atoms with Gasteiger partial charge in [-0.1, -0.05) is 25.1 Å². The van der Waals surface area contributed by atoms with Crippen LogP contribution < -0.4 is 5.73 Å². The summed E-state index contributed by atoms with van der Waals surface area (Å²) in [5.41, 5.74) is 10.9. The summed E-state index contributed by atoms with van der Waals surface area (Å²) in [4.78, 5) is 0. The van der Waals surface area contributed by atoms with Crippen LogP contribution in [-0.4, -0.2) is 6.04 Å². The molecule has 0 spiro atoms. The summed E-state index contributed by atoms with van der Waals surface area (Å²) in [6.45, 7) is 6.84. The zero-order valence-electron chi connectivity index (χ0n) is 10.7. The minimum Gasteiger partial charge on any atom is -0.328 e. The van der Waals surface area contributed by atoms with Crippen molar-refractivity contribution in [3.8, 4) is 0 Å². The number of hydrogen-bond donors (Lipinski definition) is 1. The first-order valence-corrected chi connectivity index (χ1v) is 6.31. The Labute approximate surface area is 99.0 Å². The second-order valence-electron chi connectivity index (χ2n) is 5.86. The molecule has 1 nitrogen and oxygen atoms in total. The third kappa shape index (κ3) is 2.30. The van der Waals surface area contributed by atoms with Crippen LogP contribution in [-0.2, 0) is 6.42 Å². The number of benzene rings is 1. The van der Waals surface area contributed by atoms with Gasteiger partial charge >= 0.3 is 0 Å². The van der Waals surface area contributed by atoms with E-state index in [1.165, 1.54) is 36.8 Å². The van der Waals surface area contributed by atoms with Crippen molar-refractivity contribution >= 4 is 0 Å². The second kappa shape index (κ2) is 4.21. The van der Waals surface area contributed by atoms with Crippen LogP contribution in [0.4, 0.5) is 0 Å². The van der Waals surface area contributed by atoms with E-state index in [4.69, 9.17) is 5.73 Å². The molecule has 1 aromatic rings. The Morgan fingerprint density at radius 3 is 2.44 bits per heavy atom. The molecular weight excluding hydrogens is 194 g/mol. The molecule has 88 valence electrons. The number of nitrogens with two attached hydrogens (primary N) is 1. The lowest BCUT2D eigenvalue weighted by Gasteiger charge is -2.26. The van der Waals surface area contributed by atoms with Crippen LogP contribution in [0.1, 0.15) is 42.9 Å². The van der Waals surface area contributed by atoms with Crippen LogP contribution >= 0.6 is 0 Å². The van der Waals surface area contributed by atoms with E-state index in [1.54, 1.807) is 5.56 Å². The minimum absolute atomic E-state index is 0.425. The third-order valence-corrected chi connectivity index (χ3v) is 4.12. The molecule has 2 N–H and O–H groups in total. The Morgan fingerprint density at radius 1 is 1.31 bits per heavy atom. The van der Waals surface area contributed by atoms with Gasteiger partial charge in [0.05, 0.1) is 0 Å². The summed E-state index contributed by atoms with van der Waals surface area (Å²) < 4.78 is 0. The van der Waals surface area contributed by atoms with E-state index < -0.39 is 0 Å². The summed E-state index contributed by atoms with van der Waals surface area (Å²) >= 11 is 0. The van der Waals surface area contributed by atoms with Crippen molar-refractivity contribution < 1.29 is 0 Å². The highest BCUT2D eigenvalue weighted by Gasteiger charge is 2.33. The predicted molar refractivity (Wildman–Crippen MR) is 69.6 cm³/mol. The van der Waals surface area contributed by atoms with Crippen LogP contribution in [0.3, 0.4) is 0 Å². The summed E-state index contributed by atoms with van der Waals surface area (Å²) in [7, 11) is 0. The third-order valence-electron chi connectivity index (χ3n) is 4.12. The molecule has 1 aliphatic rings. The maximum absolute atomic E-state index is 6.04. The lowest BCUT2D eigenvalue weighted by atomic mass is 9.79. The molecule has 16 heavy (non-hydrogen) atoms. The largest absolute Gasteiger partial charge is 0.328 e. The quantitative estimate of drug-likeness (QED) is 0.807. The van der Waals surface area contributed by atoms with E-state index in [0.717, 1.165) is 0 Å². The molecule has 0 saturated heterocycles. The molecule has 0 aliphatic heterocycles. The minimum atomic E-state index is 0.425. The number of hydrogen-bond acceptors (Lipinski definition) is 1. The molecule has 2 unspecified atom stereocenters. The molecule has 1 saturated carbocycles. The highest BCUT2D eigenvalue weighted by molar-refractivity contribution is 5.34. The van der Waals surface area contributed by atoms with E-state index in [1.807, 2.05) is 0 Å². The van der Waals surface area contributed by atoms with Gasteiger partial charge in [-0.05, 0) is 61.6 Å². The topological polar surface area (TPSA) is 26.0 Å². The standard InChI is InChI=1S/C15H23N/c1-11-5-4-6-12(2)14(11)10-15(3)8-7-13(16)9-15/h4-6,13H,7-10,16H2,1-3H3. The summed E-state index contributed by atoms with van der Waals surface area (Å²) in [5.74, 6) is 0. The Balaban J connectivity index is 2.21. The average Bonchev–Trinajstić information content (AvgIpc) is 2.53. The molecule has 0 amide bonds. The maximum atomic E-state index is 6.04. The van der Waals surface area contributed by atoms with Crippen LogP contribution in [0.2, 0.25) is 0 Å². The molecule has 2 atom stereocenters. The van der Waals surface area contributed by atoms with Crippen molar-refractivity contribution in [1.82, 2.24) is 0 Å². The predicted octanol–water partition coefficient (Wildman–Crippen LogP) is 3.36. The molecule has 1 aliphatic carbocycles. The van der Waals surface area contributed by atoms with Gasteiger partial charge in [0.25, 0.3) is 0 Å². The van der Waals surface area contributed by atoms with Crippen LogP contribution in [0, 0.1) is 19.3 Å². The molecule has 1 aromatic carbocycles. The molecule has 0 heterocycles. The number of aryl methyl sites for hydroxylation is 2. The van der Waals surface area contributed by atoms with Gasteiger partial charge in [-0.3, -0.25) is 0 Å². The fourth-order valence-electron chi connectivity index (χ4n) is 3.09. The van der Waals surface area contributed by atoms with Gasteiger partial charge in [0, 0.05) is 6.04 Å². The highest BCUT2D eigenvalue weighted by atomic mass is 14.7. The van der Waals surface area contributed by atoms with Gasteiger partial charge in [-0.15, -0.1) is 0 Å². The van der Waals surface area contributed by atoms with Gasteiger partial charge in [-0.25, -0.2) is 0 Å². The lowest BCUT2D eigenvalue weighted by Crippen LogP contribution is -2.21. The zero-order chi connectivity index (χ0) is 11.8. The Bertz CT molecular complexity index is 363. The molecular formula is C15H23N. The first-order valence-electron chi connectivity index (χ1n) is 6.31. The molecule has 1 fully saturated rings. The zero-order valence-corrected chi connectivity index (χ0v) is 10.7. The lowest BCUT2D eigenvalue weighted by molar-refractivity contribution is 0.328. The van der Waals surface area contributed by atoms with Gasteiger partial charge in [0.2, 0.25) is 0 Å². The van der Waals surface area contributed by atoms with Gasteiger partial charge < -0.3 is 5.73 Å². The molecule has 2 rings (SSSR count). The Hall–Kier alpha value is -0.820. The molecule has 0 bridgehead atoms. The highest BCUT2D eigenvalue weighted by Crippen LogP contribution is 2.40. The molecule has 0 aromatic heterocycles. The molecule has 1 heteroatoms. The second-order valence-corrected chi connectivity index (χ2v) is 5.86. The summed E-state index contributed by atoms with van der Waals surface area (Å²) in [6, 6.07) is 7.02. The van der Waals surface area contributed by atoms with Crippen LogP contribution in [0.25, 0.3) is 0 Å². The average molecular weight is 217 g/mol. The van der Waals surface area contributed by atoms with Crippen molar-refractivity contribution in [2.24, 2.45) is 11.1 Å². The van der Waals surface area contributed by atoms with Gasteiger partial charge in [-0.2, -0.15) is 0 Å². The summed E-state index contributed by atoms with van der Waals surface area (Å²) in [6.07, 6.45) is 4.85. The van der Waals surface area contributed by atoms with Crippen molar-refractivity contribution in [1.29, 1.82) is 0 Å². The fraction of sp³-hybridized carbons (Fsp3) is 0.600. The monoisotopic (exact) mass is 217 g/mol. The van der Waals surface area contributed by atoms with Gasteiger partial charge in [0.15, 0.2) is 0 Å². The van der Waals surface area contributed by atoms with Crippen molar-refractivity contribution in [2.75, 3.05) is 0 Å². The maximum Gasteiger partial charge on any atom is 0.00443 e. The van der Waals surface area contributed by atoms with Crippen molar-refractivity contribution in [2.45, 2.75) is 52.5 Å². The first kappa shape index (κ1) is 11.7. The first-order chi connectivity index (χ1) is 7.50. The van der Waals surface area contributed by atoms with Gasteiger partial charge in [0.1, 0.15) is 0 Å². The van der Waals surface area contributed by atoms with Crippen molar-refractivity contribution in [3.05, 3.63) is 34.9 Å². The van der Waals surface area contributed by atoms with Crippen LogP contribution in [0.15, 0.2) is 18.2 Å².